The van der Waals surface area contributed by atoms with Gasteiger partial charge < -0.3 is 14.7 Å². The van der Waals surface area contributed by atoms with E-state index >= 15 is 0 Å². The number of carbonyl (C=O) groups is 1. The van der Waals surface area contributed by atoms with Gasteiger partial charge >= 0.3 is 0 Å². The van der Waals surface area contributed by atoms with Crippen molar-refractivity contribution in [2.24, 2.45) is 5.92 Å². The van der Waals surface area contributed by atoms with Crippen LogP contribution >= 0.6 is 11.6 Å². The minimum Gasteiger partial charge on any atom is -0.367 e. The van der Waals surface area contributed by atoms with Gasteiger partial charge in [-0.3, -0.25) is 9.36 Å². The maximum atomic E-state index is 13.3. The standard InChI is InChI=1S/C23H26ClN7O/c24-19-5-1-2-6-20(19)28-12-14-29(15-13-28)23(32)18-4-3-10-30(16-18)21-7-8-22(27-26-21)31-11-9-25-17-31/h1-2,5-9,11,17-18H,3-4,10,12-16H2. The van der Waals surface area contributed by atoms with E-state index in [1.165, 1.54) is 0 Å². The lowest BCUT2D eigenvalue weighted by Gasteiger charge is -2.40. The van der Waals surface area contributed by atoms with Crippen molar-refractivity contribution >= 4 is 29.0 Å². The maximum Gasteiger partial charge on any atom is 0.227 e. The van der Waals surface area contributed by atoms with Crippen molar-refractivity contribution in [3.05, 3.63) is 60.1 Å². The Morgan fingerprint density at radius 1 is 0.938 bits per heavy atom. The fraction of sp³-hybridized carbons (Fsp3) is 0.391. The Morgan fingerprint density at radius 2 is 1.72 bits per heavy atom. The van der Waals surface area contributed by atoms with Crippen LogP contribution in [0, 0.1) is 5.92 Å². The fourth-order valence-electron chi connectivity index (χ4n) is 4.54. The van der Waals surface area contributed by atoms with Gasteiger partial charge in [0.15, 0.2) is 11.6 Å². The topological polar surface area (TPSA) is 70.4 Å². The fourth-order valence-corrected chi connectivity index (χ4v) is 4.80. The van der Waals surface area contributed by atoms with Gasteiger partial charge in [-0.25, -0.2) is 4.98 Å². The number of imidazole rings is 1. The monoisotopic (exact) mass is 451 g/mol. The summed E-state index contributed by atoms with van der Waals surface area (Å²) in [4.78, 5) is 23.7. The summed E-state index contributed by atoms with van der Waals surface area (Å²) in [6.45, 7) is 4.62. The number of rotatable bonds is 4. The van der Waals surface area contributed by atoms with Gasteiger partial charge in [-0.2, -0.15) is 0 Å². The Morgan fingerprint density at radius 3 is 2.44 bits per heavy atom. The van der Waals surface area contributed by atoms with Gasteiger partial charge in [0.25, 0.3) is 0 Å². The van der Waals surface area contributed by atoms with Crippen LogP contribution < -0.4 is 9.80 Å². The van der Waals surface area contributed by atoms with E-state index in [9.17, 15) is 4.79 Å². The number of halogens is 1. The quantitative estimate of drug-likeness (QED) is 0.607. The molecule has 0 N–H and O–H groups in total. The first-order valence-electron chi connectivity index (χ1n) is 11.0. The number of amides is 1. The third kappa shape index (κ3) is 4.27. The summed E-state index contributed by atoms with van der Waals surface area (Å²) in [5.74, 6) is 1.78. The number of piperidine rings is 1. The van der Waals surface area contributed by atoms with Gasteiger partial charge in [-0.1, -0.05) is 23.7 Å². The molecule has 0 saturated carbocycles. The van der Waals surface area contributed by atoms with Crippen LogP contribution in [0.15, 0.2) is 55.1 Å². The third-order valence-electron chi connectivity index (χ3n) is 6.28. The Balaban J connectivity index is 1.19. The molecule has 166 valence electrons. The number of aromatic nitrogens is 4. The second kappa shape index (κ2) is 9.16. The summed E-state index contributed by atoms with van der Waals surface area (Å²) in [5, 5.41) is 9.48. The van der Waals surface area contributed by atoms with Gasteiger partial charge in [0, 0.05) is 51.7 Å². The van der Waals surface area contributed by atoms with Crippen LogP contribution in [0.3, 0.4) is 0 Å². The Bertz CT molecular complexity index is 1050. The highest BCUT2D eigenvalue weighted by molar-refractivity contribution is 6.33. The molecule has 1 amide bonds. The van der Waals surface area contributed by atoms with Gasteiger partial charge in [0.2, 0.25) is 5.91 Å². The minimum absolute atomic E-state index is 0.00858. The SMILES string of the molecule is O=C(C1CCCN(c2ccc(-n3ccnc3)nn2)C1)N1CCN(c2ccccc2Cl)CC1. The van der Waals surface area contributed by atoms with E-state index in [2.05, 4.69) is 25.0 Å². The average Bonchev–Trinajstić information content (AvgIpc) is 3.39. The van der Waals surface area contributed by atoms with E-state index in [1.54, 1.807) is 12.5 Å². The zero-order chi connectivity index (χ0) is 21.9. The van der Waals surface area contributed by atoms with E-state index < -0.39 is 0 Å². The van der Waals surface area contributed by atoms with Gasteiger partial charge in [-0.15, -0.1) is 10.2 Å². The van der Waals surface area contributed by atoms with Crippen LogP contribution in [0.1, 0.15) is 12.8 Å². The summed E-state index contributed by atoms with van der Waals surface area (Å²) in [7, 11) is 0. The zero-order valence-electron chi connectivity index (χ0n) is 17.8. The first-order chi connectivity index (χ1) is 15.7. The number of piperazine rings is 1. The predicted molar refractivity (Wildman–Crippen MR) is 124 cm³/mol. The first-order valence-corrected chi connectivity index (χ1v) is 11.4. The lowest BCUT2D eigenvalue weighted by atomic mass is 9.96. The van der Waals surface area contributed by atoms with E-state index in [1.807, 2.05) is 52.1 Å². The van der Waals surface area contributed by atoms with Crippen molar-refractivity contribution in [3.8, 4) is 5.82 Å². The smallest absolute Gasteiger partial charge is 0.227 e. The molecular formula is C23H26ClN7O. The van der Waals surface area contributed by atoms with Gasteiger partial charge in [0.1, 0.15) is 6.33 Å². The highest BCUT2D eigenvalue weighted by Crippen LogP contribution is 2.27. The number of para-hydroxylation sites is 1. The second-order valence-electron chi connectivity index (χ2n) is 8.27. The average molecular weight is 452 g/mol. The molecule has 32 heavy (non-hydrogen) atoms. The molecule has 4 heterocycles. The van der Waals surface area contributed by atoms with Crippen LogP contribution in [0.4, 0.5) is 11.5 Å². The lowest BCUT2D eigenvalue weighted by molar-refractivity contribution is -0.136. The molecule has 0 spiro atoms. The number of hydrogen-bond donors (Lipinski definition) is 0. The number of nitrogens with zero attached hydrogens (tertiary/aromatic N) is 7. The molecule has 9 heteroatoms. The molecular weight excluding hydrogens is 426 g/mol. The Kier molecular flexibility index (Phi) is 5.94. The van der Waals surface area contributed by atoms with Crippen molar-refractivity contribution < 1.29 is 4.79 Å². The molecule has 1 atom stereocenters. The number of carbonyl (C=O) groups excluding carboxylic acids is 1. The third-order valence-corrected chi connectivity index (χ3v) is 6.60. The highest BCUT2D eigenvalue weighted by Gasteiger charge is 2.32. The molecule has 2 saturated heterocycles. The van der Waals surface area contributed by atoms with Crippen LogP contribution in [0.25, 0.3) is 5.82 Å². The van der Waals surface area contributed by atoms with Gasteiger partial charge in [0.05, 0.1) is 16.6 Å². The zero-order valence-corrected chi connectivity index (χ0v) is 18.6. The second-order valence-corrected chi connectivity index (χ2v) is 8.68. The first kappa shape index (κ1) is 20.8. The Labute approximate surface area is 192 Å². The molecule has 0 aliphatic carbocycles. The van der Waals surface area contributed by atoms with Crippen LogP contribution in [0.5, 0.6) is 0 Å². The van der Waals surface area contributed by atoms with Crippen LogP contribution in [-0.4, -0.2) is 69.8 Å². The molecule has 2 aromatic heterocycles. The molecule has 2 fully saturated rings. The van der Waals surface area contributed by atoms with Crippen molar-refractivity contribution in [2.75, 3.05) is 49.1 Å². The largest absolute Gasteiger partial charge is 0.367 e. The molecule has 3 aromatic rings. The molecule has 5 rings (SSSR count). The molecule has 0 bridgehead atoms. The molecule has 2 aliphatic heterocycles. The molecule has 0 radical (unpaired) electrons. The van der Waals surface area contributed by atoms with Crippen molar-refractivity contribution in [1.82, 2.24) is 24.6 Å². The van der Waals surface area contributed by atoms with Crippen molar-refractivity contribution in [3.63, 3.8) is 0 Å². The van der Waals surface area contributed by atoms with Crippen molar-refractivity contribution in [1.29, 1.82) is 0 Å². The minimum atomic E-state index is -0.00858. The predicted octanol–water partition coefficient (Wildman–Crippen LogP) is 2.88. The normalized spacial score (nSPS) is 19.3. The number of anilines is 2. The van der Waals surface area contributed by atoms with Gasteiger partial charge in [-0.05, 0) is 37.1 Å². The van der Waals surface area contributed by atoms with Crippen LogP contribution in [0.2, 0.25) is 5.02 Å². The number of hydrogen-bond acceptors (Lipinski definition) is 6. The summed E-state index contributed by atoms with van der Waals surface area (Å²) in [5.41, 5.74) is 1.04. The summed E-state index contributed by atoms with van der Waals surface area (Å²) in [6.07, 6.45) is 7.14. The van der Waals surface area contributed by atoms with E-state index in [-0.39, 0.29) is 11.8 Å². The number of benzene rings is 1. The van der Waals surface area contributed by atoms with E-state index in [0.29, 0.717) is 6.54 Å². The Hall–Kier alpha value is -3.13. The highest BCUT2D eigenvalue weighted by atomic mass is 35.5. The summed E-state index contributed by atoms with van der Waals surface area (Å²) >= 11 is 6.35. The van der Waals surface area contributed by atoms with E-state index in [0.717, 1.165) is 67.9 Å². The molecule has 1 aromatic carbocycles. The molecule has 2 aliphatic rings. The lowest BCUT2D eigenvalue weighted by Crippen LogP contribution is -2.52. The summed E-state index contributed by atoms with van der Waals surface area (Å²) < 4.78 is 1.82. The van der Waals surface area contributed by atoms with E-state index in [4.69, 9.17) is 11.6 Å². The van der Waals surface area contributed by atoms with Crippen LogP contribution in [-0.2, 0) is 4.79 Å². The van der Waals surface area contributed by atoms with Crippen molar-refractivity contribution in [2.45, 2.75) is 12.8 Å². The summed E-state index contributed by atoms with van der Waals surface area (Å²) in [6, 6.07) is 11.8. The maximum absolute atomic E-state index is 13.3. The molecule has 1 unspecified atom stereocenters. The molecule has 8 nitrogen and oxygen atoms in total.